The minimum atomic E-state index is -0.0547. The summed E-state index contributed by atoms with van der Waals surface area (Å²) in [4.78, 5) is 29.0. The molecule has 0 saturated carbocycles. The van der Waals surface area contributed by atoms with Crippen molar-refractivity contribution >= 4 is 28.0 Å². The fourth-order valence-electron chi connectivity index (χ4n) is 4.91. The van der Waals surface area contributed by atoms with Crippen molar-refractivity contribution in [3.8, 4) is 17.6 Å². The number of piperidine rings is 1. The lowest BCUT2D eigenvalue weighted by Gasteiger charge is -2.31. The van der Waals surface area contributed by atoms with Crippen LogP contribution in [0.1, 0.15) is 52.0 Å². The summed E-state index contributed by atoms with van der Waals surface area (Å²) in [6.07, 6.45) is 4.98. The van der Waals surface area contributed by atoms with Gasteiger partial charge in [0.05, 0.1) is 5.56 Å². The van der Waals surface area contributed by atoms with Crippen LogP contribution in [0.3, 0.4) is 0 Å². The fraction of sp³-hybridized carbons (Fsp3) is 0.480. The predicted molar refractivity (Wildman–Crippen MR) is 125 cm³/mol. The maximum atomic E-state index is 13.0. The summed E-state index contributed by atoms with van der Waals surface area (Å²) in [5, 5.41) is 13.1. The number of ether oxygens (including phenoxy) is 2. The number of aryl methyl sites for hydroxylation is 1. The Labute approximate surface area is 197 Å². The highest BCUT2D eigenvalue weighted by Crippen LogP contribution is 2.38. The number of amides is 1. The summed E-state index contributed by atoms with van der Waals surface area (Å²) in [5.41, 5.74) is 2.45. The van der Waals surface area contributed by atoms with E-state index >= 15 is 0 Å². The van der Waals surface area contributed by atoms with Gasteiger partial charge in [0.1, 0.15) is 24.3 Å². The molecular formula is C25H27N3O4S. The van der Waals surface area contributed by atoms with Crippen molar-refractivity contribution in [1.82, 2.24) is 4.90 Å². The Bertz CT molecular complexity index is 1110. The van der Waals surface area contributed by atoms with Crippen LogP contribution in [0.5, 0.6) is 11.5 Å². The molecule has 0 spiro atoms. The van der Waals surface area contributed by atoms with Gasteiger partial charge in [0, 0.05) is 29.3 Å². The Morgan fingerprint density at radius 2 is 1.94 bits per heavy atom. The molecular weight excluding hydrogens is 438 g/mol. The maximum Gasteiger partial charge on any atom is 0.226 e. The first-order valence-corrected chi connectivity index (χ1v) is 12.4. The van der Waals surface area contributed by atoms with Gasteiger partial charge in [-0.1, -0.05) is 0 Å². The molecule has 1 aliphatic carbocycles. The molecule has 7 nitrogen and oxygen atoms in total. The molecule has 0 radical (unpaired) electrons. The van der Waals surface area contributed by atoms with Gasteiger partial charge in [-0.2, -0.15) is 5.26 Å². The number of ketones is 1. The van der Waals surface area contributed by atoms with Crippen molar-refractivity contribution in [3.63, 3.8) is 0 Å². The van der Waals surface area contributed by atoms with E-state index in [1.54, 1.807) is 17.4 Å². The van der Waals surface area contributed by atoms with Crippen molar-refractivity contribution in [2.45, 2.75) is 38.5 Å². The topological polar surface area (TPSA) is 91.7 Å². The third kappa shape index (κ3) is 4.61. The van der Waals surface area contributed by atoms with Gasteiger partial charge in [0.15, 0.2) is 17.3 Å². The molecule has 0 atom stereocenters. The van der Waals surface area contributed by atoms with Gasteiger partial charge >= 0.3 is 0 Å². The van der Waals surface area contributed by atoms with Crippen LogP contribution in [0, 0.1) is 17.2 Å². The van der Waals surface area contributed by atoms with E-state index < -0.39 is 0 Å². The minimum Gasteiger partial charge on any atom is -0.486 e. The third-order valence-corrected chi connectivity index (χ3v) is 7.93. The number of fused-ring (bicyclic) bond motifs is 2. The Morgan fingerprint density at radius 1 is 1.15 bits per heavy atom. The first-order valence-electron chi connectivity index (χ1n) is 11.6. The van der Waals surface area contributed by atoms with E-state index in [4.69, 9.17) is 9.47 Å². The van der Waals surface area contributed by atoms with Crippen LogP contribution in [0.25, 0.3) is 0 Å². The molecule has 1 N–H and O–H groups in total. The SMILES string of the molecule is N#Cc1c(NC(=O)CCN2CCC(C(=O)c3ccc4c(c3)OCCO4)CC2)sc2c1CCC2. The van der Waals surface area contributed by atoms with E-state index in [1.807, 2.05) is 12.1 Å². The Balaban J connectivity index is 1.10. The van der Waals surface area contributed by atoms with Crippen molar-refractivity contribution in [1.29, 1.82) is 5.26 Å². The number of nitriles is 1. The van der Waals surface area contributed by atoms with Gasteiger partial charge < -0.3 is 19.7 Å². The number of benzene rings is 1. The molecule has 0 unspecified atom stereocenters. The van der Waals surface area contributed by atoms with Crippen molar-refractivity contribution in [3.05, 3.63) is 39.8 Å². The van der Waals surface area contributed by atoms with E-state index in [0.29, 0.717) is 53.8 Å². The van der Waals surface area contributed by atoms with Crippen molar-refractivity contribution in [2.24, 2.45) is 5.92 Å². The molecule has 5 rings (SSSR count). The standard InChI is InChI=1S/C25H27N3O4S/c26-15-19-18-2-1-3-22(18)33-25(19)27-23(29)8-11-28-9-6-16(7-10-28)24(30)17-4-5-20-21(14-17)32-13-12-31-20/h4-5,14,16H,1-3,6-13H2,(H,27,29). The summed E-state index contributed by atoms with van der Waals surface area (Å²) in [6, 6.07) is 7.70. The predicted octanol–water partition coefficient (Wildman–Crippen LogP) is 3.80. The lowest BCUT2D eigenvalue weighted by molar-refractivity contribution is -0.116. The number of hydrogen-bond acceptors (Lipinski definition) is 7. The van der Waals surface area contributed by atoms with Gasteiger partial charge in [-0.15, -0.1) is 11.3 Å². The summed E-state index contributed by atoms with van der Waals surface area (Å²) in [5.74, 6) is 1.43. The number of rotatable bonds is 6. The van der Waals surface area contributed by atoms with E-state index in [9.17, 15) is 14.9 Å². The first-order chi connectivity index (χ1) is 16.1. The summed E-state index contributed by atoms with van der Waals surface area (Å²) >= 11 is 1.55. The summed E-state index contributed by atoms with van der Waals surface area (Å²) in [6.45, 7) is 3.29. The number of thiophene rings is 1. The average Bonchev–Trinajstić information content (AvgIpc) is 3.43. The van der Waals surface area contributed by atoms with E-state index in [-0.39, 0.29) is 17.6 Å². The van der Waals surface area contributed by atoms with Gasteiger partial charge in [0.2, 0.25) is 5.91 Å². The largest absolute Gasteiger partial charge is 0.486 e. The van der Waals surface area contributed by atoms with E-state index in [1.165, 1.54) is 4.88 Å². The molecule has 33 heavy (non-hydrogen) atoms. The third-order valence-electron chi connectivity index (χ3n) is 6.73. The molecule has 0 bridgehead atoms. The highest BCUT2D eigenvalue weighted by molar-refractivity contribution is 7.16. The average molecular weight is 466 g/mol. The first kappa shape index (κ1) is 21.9. The summed E-state index contributed by atoms with van der Waals surface area (Å²) < 4.78 is 11.1. The molecule has 2 aromatic rings. The lowest BCUT2D eigenvalue weighted by Crippen LogP contribution is -2.38. The quantitative estimate of drug-likeness (QED) is 0.653. The zero-order chi connectivity index (χ0) is 22.8. The smallest absolute Gasteiger partial charge is 0.226 e. The number of nitrogens with zero attached hydrogens (tertiary/aromatic N) is 2. The minimum absolute atomic E-state index is 0.00988. The lowest BCUT2D eigenvalue weighted by atomic mass is 9.88. The number of hydrogen-bond donors (Lipinski definition) is 1. The van der Waals surface area contributed by atoms with Crippen LogP contribution >= 0.6 is 11.3 Å². The monoisotopic (exact) mass is 465 g/mol. The van der Waals surface area contributed by atoms with Crippen molar-refractivity contribution in [2.75, 3.05) is 38.2 Å². The van der Waals surface area contributed by atoms with Gasteiger partial charge in [-0.05, 0) is 69.0 Å². The fourth-order valence-corrected chi connectivity index (χ4v) is 6.17. The molecule has 1 saturated heterocycles. The highest BCUT2D eigenvalue weighted by Gasteiger charge is 2.27. The Kier molecular flexibility index (Phi) is 6.34. The molecule has 1 aromatic carbocycles. The molecule has 2 aliphatic heterocycles. The number of nitrogens with one attached hydrogen (secondary N) is 1. The molecule has 1 amide bonds. The Hall–Kier alpha value is -2.89. The maximum absolute atomic E-state index is 13.0. The zero-order valence-corrected chi connectivity index (χ0v) is 19.3. The van der Waals surface area contributed by atoms with Crippen LogP contribution < -0.4 is 14.8 Å². The highest BCUT2D eigenvalue weighted by atomic mass is 32.1. The van der Waals surface area contributed by atoms with Gasteiger partial charge in [0.25, 0.3) is 0 Å². The second kappa shape index (κ2) is 9.54. The number of likely N-dealkylation sites (tertiary alicyclic amines) is 1. The molecule has 1 fully saturated rings. The number of anilines is 1. The second-order valence-electron chi connectivity index (χ2n) is 8.81. The van der Waals surface area contributed by atoms with E-state index in [2.05, 4.69) is 16.3 Å². The second-order valence-corrected chi connectivity index (χ2v) is 9.92. The normalized spacial score (nSPS) is 17.9. The van der Waals surface area contributed by atoms with Crippen LogP contribution in [0.15, 0.2) is 18.2 Å². The molecule has 3 aliphatic rings. The summed E-state index contributed by atoms with van der Waals surface area (Å²) in [7, 11) is 0. The zero-order valence-electron chi connectivity index (χ0n) is 18.5. The van der Waals surface area contributed by atoms with Crippen LogP contribution in [0.2, 0.25) is 0 Å². The van der Waals surface area contributed by atoms with Crippen LogP contribution in [-0.4, -0.2) is 49.4 Å². The number of carbonyl (C=O) groups is 2. The molecule has 1 aromatic heterocycles. The van der Waals surface area contributed by atoms with Gasteiger partial charge in [-0.25, -0.2) is 0 Å². The van der Waals surface area contributed by atoms with E-state index in [0.717, 1.165) is 50.8 Å². The van der Waals surface area contributed by atoms with Crippen LogP contribution in [-0.2, 0) is 17.6 Å². The number of carbonyl (C=O) groups excluding carboxylic acids is 2. The van der Waals surface area contributed by atoms with Crippen LogP contribution in [0.4, 0.5) is 5.00 Å². The number of Topliss-reactive ketones (excluding diaryl/α,β-unsaturated/α-hetero) is 1. The van der Waals surface area contributed by atoms with Gasteiger partial charge in [-0.3, -0.25) is 9.59 Å². The molecule has 172 valence electrons. The Morgan fingerprint density at radius 3 is 2.73 bits per heavy atom. The molecule has 3 heterocycles. The van der Waals surface area contributed by atoms with Crippen molar-refractivity contribution < 1.29 is 19.1 Å². The molecule has 8 heteroatoms.